The number of hydrogen-bond acceptors (Lipinski definition) is 5. The first-order valence-electron chi connectivity index (χ1n) is 14.8. The number of ketones is 1. The van der Waals surface area contributed by atoms with Gasteiger partial charge in [-0.3, -0.25) is 14.6 Å². The molecule has 0 spiro atoms. The summed E-state index contributed by atoms with van der Waals surface area (Å²) in [5, 5.41) is 0. The van der Waals surface area contributed by atoms with E-state index in [2.05, 4.69) is 32.9 Å². The van der Waals surface area contributed by atoms with Crippen molar-refractivity contribution in [1.82, 2.24) is 9.88 Å². The van der Waals surface area contributed by atoms with Crippen LogP contribution in [-0.4, -0.2) is 48.4 Å². The van der Waals surface area contributed by atoms with Gasteiger partial charge >= 0.3 is 0 Å². The number of aromatic nitrogens is 1. The van der Waals surface area contributed by atoms with Gasteiger partial charge in [-0.15, -0.1) is 0 Å². The smallest absolute Gasteiger partial charge is 0.222 e. The number of unbranched alkanes of at least 4 members (excludes halogenated alkanes) is 1. The standard InChI is InChI=1S/C33H47FN2O4/c1-24(37)22-30(26-15-17-31(28(34)23-26)40-21-20-39-19-18-33(2,3)4)36(5)32(38)13-9-7-11-27-16-14-25-10-6-8-12-29(25)35-27/h14-17,23,30H,6-13,18-22H2,1-5H3/t30-/m0/s1. The molecule has 0 bridgehead atoms. The lowest BCUT2D eigenvalue weighted by atomic mass is 9.93. The first kappa shape index (κ1) is 31.7. The number of halogens is 1. The van der Waals surface area contributed by atoms with Crippen LogP contribution in [0.4, 0.5) is 4.39 Å². The maximum Gasteiger partial charge on any atom is 0.222 e. The molecular formula is C33H47FN2O4. The topological polar surface area (TPSA) is 68.7 Å². The molecule has 40 heavy (non-hydrogen) atoms. The largest absolute Gasteiger partial charge is 0.488 e. The third-order valence-corrected chi connectivity index (χ3v) is 7.47. The Bertz CT molecular complexity index is 1130. The molecule has 1 aliphatic carbocycles. The van der Waals surface area contributed by atoms with Crippen LogP contribution >= 0.6 is 0 Å². The van der Waals surface area contributed by atoms with E-state index in [0.717, 1.165) is 44.2 Å². The van der Waals surface area contributed by atoms with E-state index >= 15 is 0 Å². The first-order valence-corrected chi connectivity index (χ1v) is 14.8. The van der Waals surface area contributed by atoms with E-state index in [-0.39, 0.29) is 35.9 Å². The zero-order valence-corrected chi connectivity index (χ0v) is 25.1. The fourth-order valence-corrected chi connectivity index (χ4v) is 4.98. The second-order valence-corrected chi connectivity index (χ2v) is 12.2. The molecule has 0 saturated heterocycles. The van der Waals surface area contributed by atoms with Gasteiger partial charge < -0.3 is 14.4 Å². The summed E-state index contributed by atoms with van der Waals surface area (Å²) in [6.45, 7) is 9.21. The Kier molecular flexibility index (Phi) is 12.1. The van der Waals surface area contributed by atoms with Crippen LogP contribution < -0.4 is 4.74 Å². The molecule has 0 N–H and O–H groups in total. The monoisotopic (exact) mass is 554 g/mol. The van der Waals surface area contributed by atoms with Crippen molar-refractivity contribution < 1.29 is 23.5 Å². The van der Waals surface area contributed by atoms with Gasteiger partial charge in [0.2, 0.25) is 5.91 Å². The van der Waals surface area contributed by atoms with Gasteiger partial charge in [-0.25, -0.2) is 4.39 Å². The molecule has 1 aliphatic rings. The molecule has 0 unspecified atom stereocenters. The Morgan fingerprint density at radius 1 is 1.05 bits per heavy atom. The van der Waals surface area contributed by atoms with E-state index in [9.17, 15) is 14.0 Å². The molecule has 7 heteroatoms. The van der Waals surface area contributed by atoms with Gasteiger partial charge in [0.1, 0.15) is 12.4 Å². The number of hydrogen-bond donors (Lipinski definition) is 0. The highest BCUT2D eigenvalue weighted by molar-refractivity contribution is 5.80. The highest BCUT2D eigenvalue weighted by Crippen LogP contribution is 2.29. The zero-order valence-electron chi connectivity index (χ0n) is 25.1. The molecule has 1 amide bonds. The minimum Gasteiger partial charge on any atom is -0.488 e. The Hall–Kier alpha value is -2.80. The van der Waals surface area contributed by atoms with Crippen LogP contribution in [-0.2, 0) is 33.6 Å². The van der Waals surface area contributed by atoms with Crippen LogP contribution in [0.15, 0.2) is 30.3 Å². The Morgan fingerprint density at radius 3 is 2.55 bits per heavy atom. The molecular weight excluding hydrogens is 507 g/mol. The van der Waals surface area contributed by atoms with Crippen LogP contribution in [0.3, 0.4) is 0 Å². The summed E-state index contributed by atoms with van der Waals surface area (Å²) in [5.74, 6) is -0.497. The van der Waals surface area contributed by atoms with Crippen molar-refractivity contribution in [3.63, 3.8) is 0 Å². The maximum absolute atomic E-state index is 14.9. The van der Waals surface area contributed by atoms with Gasteiger partial charge in [-0.2, -0.15) is 0 Å². The lowest BCUT2D eigenvalue weighted by Crippen LogP contribution is -2.32. The number of carbonyl (C=O) groups is 2. The van der Waals surface area contributed by atoms with E-state index in [4.69, 9.17) is 14.5 Å². The van der Waals surface area contributed by atoms with Crippen LogP contribution in [0.5, 0.6) is 5.75 Å². The Morgan fingerprint density at radius 2 is 1.82 bits per heavy atom. The molecule has 1 atom stereocenters. The number of benzene rings is 1. The van der Waals surface area contributed by atoms with E-state index in [0.29, 0.717) is 25.2 Å². The number of aryl methyl sites for hydroxylation is 3. The minimum absolute atomic E-state index is 0.0576. The lowest BCUT2D eigenvalue weighted by molar-refractivity contribution is -0.133. The predicted molar refractivity (Wildman–Crippen MR) is 156 cm³/mol. The third-order valence-electron chi connectivity index (χ3n) is 7.47. The molecule has 1 aromatic heterocycles. The fraction of sp³-hybridized carbons (Fsp3) is 0.606. The molecule has 1 aromatic carbocycles. The number of nitrogens with zero attached hydrogens (tertiary/aromatic N) is 2. The van der Waals surface area contributed by atoms with Gasteiger partial charge in [0.15, 0.2) is 11.6 Å². The summed E-state index contributed by atoms with van der Waals surface area (Å²) in [7, 11) is 1.69. The summed E-state index contributed by atoms with van der Waals surface area (Å²) in [4.78, 5) is 31.5. The van der Waals surface area contributed by atoms with Gasteiger partial charge in [0.05, 0.1) is 12.6 Å². The SMILES string of the molecule is CC(=O)C[C@@H](c1ccc(OCCOCCC(C)(C)C)c(F)c1)N(C)C(=O)CCCCc1ccc2c(n1)CCCC2. The number of rotatable bonds is 15. The number of amides is 1. The second kappa shape index (κ2) is 15.3. The van der Waals surface area contributed by atoms with Gasteiger partial charge in [0.25, 0.3) is 0 Å². The quantitative estimate of drug-likeness (QED) is 0.226. The van der Waals surface area contributed by atoms with Crippen LogP contribution in [0.1, 0.15) is 101 Å². The van der Waals surface area contributed by atoms with E-state index in [1.54, 1.807) is 24.1 Å². The van der Waals surface area contributed by atoms with Crippen molar-refractivity contribution in [2.45, 2.75) is 97.9 Å². The highest BCUT2D eigenvalue weighted by atomic mass is 19.1. The molecule has 6 nitrogen and oxygen atoms in total. The predicted octanol–water partition coefficient (Wildman–Crippen LogP) is 6.82. The van der Waals surface area contributed by atoms with Crippen LogP contribution in [0.2, 0.25) is 0 Å². The average Bonchev–Trinajstić information content (AvgIpc) is 2.91. The third kappa shape index (κ3) is 10.3. The van der Waals surface area contributed by atoms with Crippen molar-refractivity contribution >= 4 is 11.7 Å². The maximum atomic E-state index is 14.9. The van der Waals surface area contributed by atoms with E-state index in [1.807, 2.05) is 0 Å². The van der Waals surface area contributed by atoms with Crippen molar-refractivity contribution in [3.8, 4) is 5.75 Å². The van der Waals surface area contributed by atoms with Gasteiger partial charge in [-0.05, 0) is 93.0 Å². The molecule has 2 aromatic rings. The number of carbonyl (C=O) groups excluding carboxylic acids is 2. The number of fused-ring (bicyclic) bond motifs is 1. The normalized spacial score (nSPS) is 13.9. The molecule has 0 radical (unpaired) electrons. The molecule has 220 valence electrons. The van der Waals surface area contributed by atoms with Gasteiger partial charge in [0, 0.05) is 37.9 Å². The van der Waals surface area contributed by atoms with E-state index < -0.39 is 11.9 Å². The number of Topliss-reactive ketones (excluding diaryl/α,β-unsaturated/α-hetero) is 1. The first-order chi connectivity index (χ1) is 19.0. The fourth-order valence-electron chi connectivity index (χ4n) is 4.98. The molecule has 0 saturated carbocycles. The van der Waals surface area contributed by atoms with Crippen molar-refractivity contribution in [3.05, 3.63) is 58.7 Å². The highest BCUT2D eigenvalue weighted by Gasteiger charge is 2.24. The van der Waals surface area contributed by atoms with Crippen LogP contribution in [0, 0.1) is 11.2 Å². The molecule has 0 aliphatic heterocycles. The summed E-state index contributed by atoms with van der Waals surface area (Å²) < 4.78 is 26.1. The summed E-state index contributed by atoms with van der Waals surface area (Å²) >= 11 is 0. The van der Waals surface area contributed by atoms with Crippen LogP contribution in [0.25, 0.3) is 0 Å². The number of pyridine rings is 1. The Labute approximate surface area is 239 Å². The average molecular weight is 555 g/mol. The number of ether oxygens (including phenoxy) is 2. The van der Waals surface area contributed by atoms with E-state index in [1.165, 1.54) is 37.1 Å². The van der Waals surface area contributed by atoms with Crippen molar-refractivity contribution in [2.24, 2.45) is 5.41 Å². The summed E-state index contributed by atoms with van der Waals surface area (Å²) in [6, 6.07) is 8.46. The Balaban J connectivity index is 1.50. The van der Waals surface area contributed by atoms with Crippen molar-refractivity contribution in [2.75, 3.05) is 26.9 Å². The second-order valence-electron chi connectivity index (χ2n) is 12.2. The molecule has 3 rings (SSSR count). The van der Waals surface area contributed by atoms with Gasteiger partial charge in [-0.1, -0.05) is 32.9 Å². The molecule has 1 heterocycles. The molecule has 0 fully saturated rings. The van der Waals surface area contributed by atoms with Crippen molar-refractivity contribution in [1.29, 1.82) is 0 Å². The minimum atomic E-state index is -0.531. The zero-order chi connectivity index (χ0) is 29.1. The summed E-state index contributed by atoms with van der Waals surface area (Å²) in [5.41, 5.74) is 4.48. The summed E-state index contributed by atoms with van der Waals surface area (Å²) in [6.07, 6.45) is 8.50. The lowest BCUT2D eigenvalue weighted by Gasteiger charge is -2.28.